The van der Waals surface area contributed by atoms with Gasteiger partial charge in [0.1, 0.15) is 0 Å². The standard InChI is InChI=1S/C19H22.C15H17N/c1-4-10-16(11-5-1)19(17-12-6-2-7-13-17)18-14-8-3-9-15-18;1-16(12-14-8-4-2-5-9-14)13-15-10-6-3-7-11-15/h1-2,4-7,10-13,18-19H,3,8-9,14-15H2;2-11H,12-13H2,1H3. The Bertz CT molecular complexity index is 990. The van der Waals surface area contributed by atoms with E-state index in [1.54, 1.807) is 0 Å². The number of benzene rings is 4. The molecule has 1 aliphatic carbocycles. The van der Waals surface area contributed by atoms with Gasteiger partial charge in [0.15, 0.2) is 0 Å². The molecule has 0 amide bonds. The van der Waals surface area contributed by atoms with Crippen molar-refractivity contribution in [1.29, 1.82) is 0 Å². The summed E-state index contributed by atoms with van der Waals surface area (Å²) in [6.45, 7) is 1.99. The first-order valence-corrected chi connectivity index (χ1v) is 13.2. The Morgan fingerprint density at radius 3 is 1.31 bits per heavy atom. The van der Waals surface area contributed by atoms with Crippen molar-refractivity contribution in [2.75, 3.05) is 7.05 Å². The Kier molecular flexibility index (Phi) is 9.74. The molecule has 5 rings (SSSR count). The summed E-state index contributed by atoms with van der Waals surface area (Å²) in [4.78, 5) is 2.32. The highest BCUT2D eigenvalue weighted by Gasteiger charge is 2.26. The first-order chi connectivity index (χ1) is 17.3. The highest BCUT2D eigenvalue weighted by atomic mass is 15.1. The van der Waals surface area contributed by atoms with Gasteiger partial charge in [-0.25, -0.2) is 0 Å². The van der Waals surface area contributed by atoms with Crippen LogP contribution in [-0.2, 0) is 13.1 Å². The Hall–Kier alpha value is -3.16. The van der Waals surface area contributed by atoms with Crippen molar-refractivity contribution < 1.29 is 0 Å². The molecule has 0 atom stereocenters. The van der Waals surface area contributed by atoms with E-state index >= 15 is 0 Å². The van der Waals surface area contributed by atoms with Crippen LogP contribution in [0.15, 0.2) is 121 Å². The van der Waals surface area contributed by atoms with Gasteiger partial charge in [0.2, 0.25) is 0 Å². The molecule has 4 aromatic rings. The van der Waals surface area contributed by atoms with Gasteiger partial charge in [-0.3, -0.25) is 4.90 Å². The summed E-state index contributed by atoms with van der Waals surface area (Å²) in [5.74, 6) is 1.40. The Morgan fingerprint density at radius 2 is 0.914 bits per heavy atom. The minimum Gasteiger partial charge on any atom is -0.298 e. The molecule has 180 valence electrons. The lowest BCUT2D eigenvalue weighted by Gasteiger charge is -2.31. The predicted molar refractivity (Wildman–Crippen MR) is 149 cm³/mol. The van der Waals surface area contributed by atoms with Gasteiger partial charge in [0, 0.05) is 19.0 Å². The van der Waals surface area contributed by atoms with Crippen LogP contribution in [0, 0.1) is 5.92 Å². The highest BCUT2D eigenvalue weighted by molar-refractivity contribution is 5.33. The summed E-state index contributed by atoms with van der Waals surface area (Å²) in [6.07, 6.45) is 7.00. The molecule has 0 unspecified atom stereocenters. The van der Waals surface area contributed by atoms with Gasteiger partial charge >= 0.3 is 0 Å². The molecule has 35 heavy (non-hydrogen) atoms. The normalized spacial score (nSPS) is 13.9. The summed E-state index contributed by atoms with van der Waals surface area (Å²) in [5, 5.41) is 0. The van der Waals surface area contributed by atoms with E-state index in [0.717, 1.165) is 19.0 Å². The lowest BCUT2D eigenvalue weighted by atomic mass is 9.74. The van der Waals surface area contributed by atoms with E-state index in [-0.39, 0.29) is 0 Å². The van der Waals surface area contributed by atoms with Crippen molar-refractivity contribution in [1.82, 2.24) is 4.90 Å². The maximum absolute atomic E-state index is 2.32. The molecule has 1 fully saturated rings. The van der Waals surface area contributed by atoms with E-state index in [2.05, 4.69) is 133 Å². The SMILES string of the molecule is CN(Cc1ccccc1)Cc1ccccc1.c1ccc(C(c2ccccc2)C2CCCCC2)cc1. The third-order valence-corrected chi connectivity index (χ3v) is 7.03. The van der Waals surface area contributed by atoms with E-state index in [1.807, 2.05) is 0 Å². The van der Waals surface area contributed by atoms with Crippen molar-refractivity contribution in [3.8, 4) is 0 Å². The summed E-state index contributed by atoms with van der Waals surface area (Å²) in [6, 6.07) is 43.3. The lowest BCUT2D eigenvalue weighted by Crippen LogP contribution is -2.17. The second-order valence-corrected chi connectivity index (χ2v) is 9.84. The van der Waals surface area contributed by atoms with Crippen molar-refractivity contribution in [3.05, 3.63) is 144 Å². The van der Waals surface area contributed by atoms with Gasteiger partial charge in [-0.2, -0.15) is 0 Å². The third kappa shape index (κ3) is 7.94. The van der Waals surface area contributed by atoms with Crippen molar-refractivity contribution in [2.24, 2.45) is 5.92 Å². The summed E-state index contributed by atoms with van der Waals surface area (Å²) >= 11 is 0. The molecule has 0 saturated heterocycles. The summed E-state index contributed by atoms with van der Waals surface area (Å²) < 4.78 is 0. The number of nitrogens with zero attached hydrogens (tertiary/aromatic N) is 1. The van der Waals surface area contributed by atoms with Crippen LogP contribution < -0.4 is 0 Å². The molecule has 1 aliphatic rings. The Balaban J connectivity index is 0.000000168. The zero-order chi connectivity index (χ0) is 24.1. The third-order valence-electron chi connectivity index (χ3n) is 7.03. The van der Waals surface area contributed by atoms with Crippen LogP contribution in [0.2, 0.25) is 0 Å². The van der Waals surface area contributed by atoms with Crippen LogP contribution in [0.1, 0.15) is 60.3 Å². The smallest absolute Gasteiger partial charge is 0.0234 e. The number of hydrogen-bond donors (Lipinski definition) is 0. The van der Waals surface area contributed by atoms with Crippen LogP contribution >= 0.6 is 0 Å². The second kappa shape index (κ2) is 13.7. The molecule has 0 radical (unpaired) electrons. The van der Waals surface area contributed by atoms with Crippen molar-refractivity contribution >= 4 is 0 Å². The van der Waals surface area contributed by atoms with Gasteiger partial charge in [-0.05, 0) is 48.1 Å². The van der Waals surface area contributed by atoms with Crippen LogP contribution in [-0.4, -0.2) is 11.9 Å². The maximum Gasteiger partial charge on any atom is 0.0234 e. The van der Waals surface area contributed by atoms with Gasteiger partial charge in [0.25, 0.3) is 0 Å². The number of hydrogen-bond acceptors (Lipinski definition) is 1. The number of rotatable bonds is 7. The quantitative estimate of drug-likeness (QED) is 0.266. The first-order valence-electron chi connectivity index (χ1n) is 13.2. The molecule has 4 aromatic carbocycles. The van der Waals surface area contributed by atoms with Crippen LogP contribution in [0.4, 0.5) is 0 Å². The Labute approximate surface area is 212 Å². The minimum atomic E-state index is 0.586. The molecule has 0 bridgehead atoms. The topological polar surface area (TPSA) is 3.24 Å². The van der Waals surface area contributed by atoms with Gasteiger partial charge in [-0.1, -0.05) is 141 Å². The summed E-state index contributed by atoms with van der Waals surface area (Å²) in [7, 11) is 2.15. The molecular weight excluding hydrogens is 422 g/mol. The maximum atomic E-state index is 2.32. The van der Waals surface area contributed by atoms with E-state index < -0.39 is 0 Å². The molecule has 1 saturated carbocycles. The zero-order valence-electron chi connectivity index (χ0n) is 21.1. The molecule has 0 N–H and O–H groups in total. The second-order valence-electron chi connectivity index (χ2n) is 9.84. The minimum absolute atomic E-state index is 0.586. The van der Waals surface area contributed by atoms with Crippen molar-refractivity contribution in [3.63, 3.8) is 0 Å². The molecule has 1 heteroatoms. The monoisotopic (exact) mass is 461 g/mol. The average Bonchev–Trinajstić information content (AvgIpc) is 2.92. The highest BCUT2D eigenvalue weighted by Crippen LogP contribution is 2.40. The van der Waals surface area contributed by atoms with E-state index in [9.17, 15) is 0 Å². The fraction of sp³-hybridized carbons (Fsp3) is 0.294. The first kappa shape index (κ1) is 24.9. The van der Waals surface area contributed by atoms with Crippen LogP contribution in [0.25, 0.3) is 0 Å². The Morgan fingerprint density at radius 1 is 0.543 bits per heavy atom. The average molecular weight is 462 g/mol. The molecule has 1 nitrogen and oxygen atoms in total. The zero-order valence-corrected chi connectivity index (χ0v) is 21.1. The molecule has 0 aliphatic heterocycles. The predicted octanol–water partition coefficient (Wildman–Crippen LogP) is 8.72. The molecule has 0 spiro atoms. The molecule has 0 heterocycles. The van der Waals surface area contributed by atoms with Gasteiger partial charge in [0.05, 0.1) is 0 Å². The van der Waals surface area contributed by atoms with E-state index in [1.165, 1.54) is 54.4 Å². The van der Waals surface area contributed by atoms with Crippen LogP contribution in [0.5, 0.6) is 0 Å². The van der Waals surface area contributed by atoms with Crippen molar-refractivity contribution in [2.45, 2.75) is 51.1 Å². The fourth-order valence-corrected chi connectivity index (χ4v) is 5.37. The van der Waals surface area contributed by atoms with E-state index in [4.69, 9.17) is 0 Å². The largest absolute Gasteiger partial charge is 0.298 e. The van der Waals surface area contributed by atoms with E-state index in [0.29, 0.717) is 5.92 Å². The lowest BCUT2D eigenvalue weighted by molar-refractivity contribution is 0.319. The van der Waals surface area contributed by atoms with Gasteiger partial charge in [-0.15, -0.1) is 0 Å². The molecule has 0 aromatic heterocycles. The fourth-order valence-electron chi connectivity index (χ4n) is 5.37. The van der Waals surface area contributed by atoms with Gasteiger partial charge < -0.3 is 0 Å². The summed E-state index contributed by atoms with van der Waals surface area (Å²) in [5.41, 5.74) is 5.70. The van der Waals surface area contributed by atoms with Crippen LogP contribution in [0.3, 0.4) is 0 Å². The molecular formula is C34H39N.